The van der Waals surface area contributed by atoms with Gasteiger partial charge >= 0.3 is 0 Å². The lowest BCUT2D eigenvalue weighted by molar-refractivity contribution is 1.31. The summed E-state index contributed by atoms with van der Waals surface area (Å²) in [7, 11) is 0. The highest BCUT2D eigenvalue weighted by atomic mass is 14.6. The van der Waals surface area contributed by atoms with Gasteiger partial charge in [-0.3, -0.25) is 0 Å². The molecule has 1 nitrogen and oxygen atoms in total. The summed E-state index contributed by atoms with van der Waals surface area (Å²) in [4.78, 5) is 3.10. The number of aromatic amines is 1. The molecule has 1 aromatic heterocycles. The maximum absolute atomic E-state index is 3.87. The van der Waals surface area contributed by atoms with Crippen molar-refractivity contribution in [3.63, 3.8) is 0 Å². The minimum absolute atomic E-state index is 1.04. The molecule has 1 heterocycles. The van der Waals surface area contributed by atoms with Gasteiger partial charge in [-0.05, 0) is 31.2 Å². The summed E-state index contributed by atoms with van der Waals surface area (Å²) in [6, 6.07) is 1.96. The fraction of sp³-hybridized carbons (Fsp3) is 0.200. The van der Waals surface area contributed by atoms with Gasteiger partial charge < -0.3 is 4.98 Å². The maximum Gasteiger partial charge on any atom is 0.0447 e. The monoisotopic (exact) mass is 147 g/mol. The Hall–Kier alpha value is -1.24. The number of aromatic nitrogens is 1. The van der Waals surface area contributed by atoms with E-state index in [1.807, 2.05) is 18.3 Å². The maximum atomic E-state index is 3.87. The van der Waals surface area contributed by atoms with Gasteiger partial charge in [0, 0.05) is 11.5 Å². The van der Waals surface area contributed by atoms with Crippen LogP contribution in [0, 0.1) is 0 Å². The minimum atomic E-state index is 1.04. The molecule has 0 aromatic carbocycles. The van der Waals surface area contributed by atoms with Crippen LogP contribution in [0.3, 0.4) is 0 Å². The van der Waals surface area contributed by atoms with Gasteiger partial charge in [0.1, 0.15) is 0 Å². The third kappa shape index (κ3) is 2.11. The highest BCUT2D eigenvalue weighted by Crippen LogP contribution is 1.86. The molecule has 1 N–H and O–H groups in total. The van der Waals surface area contributed by atoms with Gasteiger partial charge in [-0.15, -0.1) is 0 Å². The third-order valence-electron chi connectivity index (χ3n) is 1.45. The molecular weight excluding hydrogens is 134 g/mol. The molecule has 58 valence electrons. The average molecular weight is 147 g/mol. The molecule has 0 unspecified atom stereocenters. The number of hydrogen-bond donors (Lipinski definition) is 1. The Kier molecular flexibility index (Phi) is 2.32. The van der Waals surface area contributed by atoms with Crippen LogP contribution in [0.4, 0.5) is 0 Å². The number of allylic oxidation sites excluding steroid dienone is 2. The molecule has 0 atom stereocenters. The van der Waals surface area contributed by atoms with Crippen LogP contribution < -0.4 is 10.6 Å². The molecule has 0 spiro atoms. The first-order valence-electron chi connectivity index (χ1n) is 3.67. The van der Waals surface area contributed by atoms with Gasteiger partial charge in [-0.25, -0.2) is 0 Å². The molecular formula is C10H13N. The number of hydrogen-bond acceptors (Lipinski definition) is 0. The quantitative estimate of drug-likeness (QED) is 0.613. The summed E-state index contributed by atoms with van der Waals surface area (Å²) in [6.45, 7) is 8.01. The number of rotatable bonds is 1. The van der Waals surface area contributed by atoms with E-state index >= 15 is 0 Å². The van der Waals surface area contributed by atoms with Crippen molar-refractivity contribution in [2.75, 3.05) is 0 Å². The second-order valence-corrected chi connectivity index (χ2v) is 2.83. The van der Waals surface area contributed by atoms with Crippen molar-refractivity contribution in [2.45, 2.75) is 13.8 Å². The van der Waals surface area contributed by atoms with E-state index in [0.29, 0.717) is 0 Å². The molecule has 1 rings (SSSR count). The summed E-state index contributed by atoms with van der Waals surface area (Å²) < 4.78 is 0. The minimum Gasteiger partial charge on any atom is -0.361 e. The summed E-state index contributed by atoms with van der Waals surface area (Å²) in [5.74, 6) is 0. The van der Waals surface area contributed by atoms with Crippen molar-refractivity contribution in [1.82, 2.24) is 4.98 Å². The van der Waals surface area contributed by atoms with Gasteiger partial charge in [0.15, 0.2) is 0 Å². The van der Waals surface area contributed by atoms with E-state index in [1.165, 1.54) is 5.57 Å². The molecule has 0 saturated heterocycles. The van der Waals surface area contributed by atoms with E-state index in [9.17, 15) is 0 Å². The van der Waals surface area contributed by atoms with Crippen molar-refractivity contribution >= 4 is 12.7 Å². The van der Waals surface area contributed by atoms with Crippen molar-refractivity contribution in [3.05, 3.63) is 34.5 Å². The van der Waals surface area contributed by atoms with Crippen molar-refractivity contribution < 1.29 is 0 Å². The first kappa shape index (κ1) is 7.86. The molecule has 0 radical (unpaired) electrons. The zero-order valence-electron chi connectivity index (χ0n) is 7.02. The molecule has 0 amide bonds. The third-order valence-corrected chi connectivity index (χ3v) is 1.45. The van der Waals surface area contributed by atoms with Crippen LogP contribution in [0.15, 0.2) is 23.9 Å². The smallest absolute Gasteiger partial charge is 0.0447 e. The second-order valence-electron chi connectivity index (χ2n) is 2.83. The van der Waals surface area contributed by atoms with Crippen LogP contribution in [-0.4, -0.2) is 4.98 Å². The fourth-order valence-electron chi connectivity index (χ4n) is 0.820. The van der Waals surface area contributed by atoms with Gasteiger partial charge in [-0.2, -0.15) is 0 Å². The van der Waals surface area contributed by atoms with Gasteiger partial charge in [-0.1, -0.05) is 18.2 Å². The average Bonchev–Trinajstić information content (AvgIpc) is 2.31. The molecule has 0 fully saturated rings. The zero-order chi connectivity index (χ0) is 8.27. The van der Waals surface area contributed by atoms with E-state index in [4.69, 9.17) is 0 Å². The van der Waals surface area contributed by atoms with E-state index in [2.05, 4.69) is 31.5 Å². The molecule has 1 aromatic rings. The highest BCUT2D eigenvalue weighted by molar-refractivity contribution is 5.37. The van der Waals surface area contributed by atoms with Crippen LogP contribution in [0.25, 0.3) is 12.7 Å². The molecule has 11 heavy (non-hydrogen) atoms. The Morgan fingerprint density at radius 1 is 1.55 bits per heavy atom. The Morgan fingerprint density at radius 3 is 2.73 bits per heavy atom. The topological polar surface area (TPSA) is 15.8 Å². The second kappa shape index (κ2) is 3.24. The van der Waals surface area contributed by atoms with Crippen LogP contribution in [-0.2, 0) is 0 Å². The van der Waals surface area contributed by atoms with Crippen LogP contribution in [0.2, 0.25) is 0 Å². The lowest BCUT2D eigenvalue weighted by Crippen LogP contribution is -2.19. The first-order chi connectivity index (χ1) is 5.20. The van der Waals surface area contributed by atoms with Gasteiger partial charge in [0.2, 0.25) is 0 Å². The highest BCUT2D eigenvalue weighted by Gasteiger charge is 1.79. The normalized spacial score (nSPS) is 11.6. The van der Waals surface area contributed by atoms with Gasteiger partial charge in [0.25, 0.3) is 0 Å². The summed E-state index contributed by atoms with van der Waals surface area (Å²) >= 11 is 0. The standard InChI is InChI=1S/C10H13N/c1-8(2)4-5-10-9(3)6-7-11-10/h4-7,11H,3H2,1-2H3/b10-5+. The fourth-order valence-corrected chi connectivity index (χ4v) is 0.820. The Morgan fingerprint density at radius 2 is 2.27 bits per heavy atom. The SMILES string of the molecule is C=c1cc[nH]/c1=C/C=C(C)C. The van der Waals surface area contributed by atoms with Crippen molar-refractivity contribution in [1.29, 1.82) is 0 Å². The molecule has 0 bridgehead atoms. The van der Waals surface area contributed by atoms with E-state index in [-0.39, 0.29) is 0 Å². The Balaban J connectivity index is 3.11. The zero-order valence-corrected chi connectivity index (χ0v) is 7.02. The molecule has 0 aliphatic carbocycles. The summed E-state index contributed by atoms with van der Waals surface area (Å²) in [5, 5.41) is 2.13. The molecule has 0 saturated carbocycles. The van der Waals surface area contributed by atoms with Crippen molar-refractivity contribution in [2.24, 2.45) is 0 Å². The molecule has 0 aliphatic rings. The predicted molar refractivity (Wildman–Crippen MR) is 49.5 cm³/mol. The Labute approximate surface area is 66.8 Å². The van der Waals surface area contributed by atoms with Crippen molar-refractivity contribution in [3.8, 4) is 0 Å². The Bertz CT molecular complexity index is 350. The summed E-state index contributed by atoms with van der Waals surface area (Å²) in [6.07, 6.45) is 6.01. The molecule has 1 heteroatoms. The number of nitrogens with one attached hydrogen (secondary N) is 1. The first-order valence-corrected chi connectivity index (χ1v) is 3.67. The summed E-state index contributed by atoms with van der Waals surface area (Å²) in [5.41, 5.74) is 1.29. The largest absolute Gasteiger partial charge is 0.361 e. The lowest BCUT2D eigenvalue weighted by Gasteiger charge is -1.80. The van der Waals surface area contributed by atoms with E-state index < -0.39 is 0 Å². The van der Waals surface area contributed by atoms with Gasteiger partial charge in [0.05, 0.1) is 0 Å². The predicted octanol–water partition coefficient (Wildman–Crippen LogP) is 1.17. The van der Waals surface area contributed by atoms with Crippen LogP contribution in [0.5, 0.6) is 0 Å². The van der Waals surface area contributed by atoms with E-state index in [1.54, 1.807) is 0 Å². The molecule has 0 aliphatic heterocycles. The van der Waals surface area contributed by atoms with Crippen LogP contribution in [0.1, 0.15) is 13.8 Å². The number of H-pyrrole nitrogens is 1. The lowest BCUT2D eigenvalue weighted by atomic mass is 10.3. The van der Waals surface area contributed by atoms with Crippen LogP contribution >= 0.6 is 0 Å². The van der Waals surface area contributed by atoms with E-state index in [0.717, 1.165) is 10.6 Å².